The molecule has 0 aliphatic heterocycles. The Morgan fingerprint density at radius 1 is 0.615 bits per heavy atom. The van der Waals surface area contributed by atoms with Gasteiger partial charge in [-0.3, -0.25) is 0 Å². The van der Waals surface area contributed by atoms with Crippen molar-refractivity contribution in [1.29, 1.82) is 0 Å². The van der Waals surface area contributed by atoms with Crippen molar-refractivity contribution in [3.05, 3.63) is 35.9 Å². The quantitative estimate of drug-likeness (QED) is 0.604. The molecule has 64 valence electrons. The summed E-state index contributed by atoms with van der Waals surface area (Å²) >= 11 is 0. The van der Waals surface area contributed by atoms with Crippen molar-refractivity contribution in [1.82, 2.24) is 0 Å². The molecule has 5 atom stereocenters. The van der Waals surface area contributed by atoms with Crippen LogP contribution >= 0.6 is 0 Å². The summed E-state index contributed by atoms with van der Waals surface area (Å²) in [5.41, 5.74) is 1.63. The minimum absolute atomic E-state index is 0.992. The van der Waals surface area contributed by atoms with Crippen LogP contribution in [0, 0.1) is 35.5 Å². The first kappa shape index (κ1) is 5.85. The first-order chi connectivity index (χ1) is 6.48. The molecule has 1 aromatic rings. The predicted molar refractivity (Wildman–Crippen MR) is 50.1 cm³/mol. The van der Waals surface area contributed by atoms with Crippen LogP contribution in [-0.4, -0.2) is 0 Å². The van der Waals surface area contributed by atoms with Crippen molar-refractivity contribution in [2.24, 2.45) is 35.5 Å². The van der Waals surface area contributed by atoms with Gasteiger partial charge in [-0.25, -0.2) is 0 Å². The van der Waals surface area contributed by atoms with Gasteiger partial charge in [-0.15, -0.1) is 0 Å². The molecule has 5 aliphatic rings. The summed E-state index contributed by atoms with van der Waals surface area (Å²) in [6.07, 6.45) is 0. The van der Waals surface area contributed by atoms with E-state index in [1.165, 1.54) is 23.7 Å². The first-order valence-electron chi connectivity index (χ1n) is 5.53. The highest BCUT2D eigenvalue weighted by Gasteiger charge is 2.91. The van der Waals surface area contributed by atoms with E-state index >= 15 is 0 Å². The van der Waals surface area contributed by atoms with Gasteiger partial charge in [0.15, 0.2) is 0 Å². The molecule has 0 saturated heterocycles. The molecule has 5 saturated carbocycles. The molecule has 0 aromatic heterocycles. The third-order valence-electron chi connectivity index (χ3n) is 5.15. The standard InChI is InChI=1S/C13H12/c1-2-4-6(5-3-1)7-8-9(7)11-12-10(8)13(11)12/h1-5,7-13H/t7?,8-,9+,10?,11?,12?,13?. The van der Waals surface area contributed by atoms with Crippen molar-refractivity contribution in [2.45, 2.75) is 5.92 Å². The normalized spacial score (nSPS) is 62.6. The summed E-state index contributed by atoms with van der Waals surface area (Å²) in [5.74, 6) is 8.18. The summed E-state index contributed by atoms with van der Waals surface area (Å²) in [4.78, 5) is 0. The molecule has 3 unspecified atom stereocenters. The van der Waals surface area contributed by atoms with Crippen LogP contribution in [0.1, 0.15) is 11.5 Å². The van der Waals surface area contributed by atoms with Crippen LogP contribution in [0.2, 0.25) is 0 Å². The molecule has 0 heteroatoms. The number of rotatable bonds is 1. The molecule has 2 bridgehead atoms. The van der Waals surface area contributed by atoms with Crippen LogP contribution in [-0.2, 0) is 0 Å². The van der Waals surface area contributed by atoms with Crippen molar-refractivity contribution < 1.29 is 0 Å². The predicted octanol–water partition coefficient (Wildman–Crippen LogP) is 2.52. The lowest BCUT2D eigenvalue weighted by molar-refractivity contribution is 0.499. The average molecular weight is 168 g/mol. The summed E-state index contributed by atoms with van der Waals surface area (Å²) in [7, 11) is 0. The van der Waals surface area contributed by atoms with Crippen LogP contribution in [0.4, 0.5) is 0 Å². The Bertz CT molecular complexity index is 366. The molecule has 0 heterocycles. The van der Waals surface area contributed by atoms with Gasteiger partial charge in [0, 0.05) is 0 Å². The lowest BCUT2D eigenvalue weighted by Crippen LogP contribution is -1.99. The molecule has 6 rings (SSSR count). The van der Waals surface area contributed by atoms with Crippen LogP contribution < -0.4 is 0 Å². The van der Waals surface area contributed by atoms with Gasteiger partial charge >= 0.3 is 0 Å². The maximum Gasteiger partial charge on any atom is -0.00936 e. The lowest BCUT2D eigenvalue weighted by Gasteiger charge is -2.07. The molecule has 0 nitrogen and oxygen atoms in total. The minimum Gasteiger partial charge on any atom is -0.0622 e. The van der Waals surface area contributed by atoms with E-state index in [0.29, 0.717) is 0 Å². The molecule has 0 amide bonds. The molecule has 0 radical (unpaired) electrons. The smallest absolute Gasteiger partial charge is 0.00936 e. The van der Waals surface area contributed by atoms with Gasteiger partial charge in [0.05, 0.1) is 0 Å². The zero-order valence-corrected chi connectivity index (χ0v) is 7.43. The third-order valence-corrected chi connectivity index (χ3v) is 5.15. The fourth-order valence-corrected chi connectivity index (χ4v) is 4.63. The topological polar surface area (TPSA) is 0 Å². The minimum atomic E-state index is 0.992. The Morgan fingerprint density at radius 3 is 1.77 bits per heavy atom. The van der Waals surface area contributed by atoms with Crippen LogP contribution in [0.3, 0.4) is 0 Å². The molecule has 0 spiro atoms. The Labute approximate surface area is 78.0 Å². The SMILES string of the molecule is c1ccc(C2[C@H]3C4C5C4C5[C@@H]23)cc1. The van der Waals surface area contributed by atoms with Gasteiger partial charge in [0.2, 0.25) is 0 Å². The zero-order valence-electron chi connectivity index (χ0n) is 7.43. The van der Waals surface area contributed by atoms with Gasteiger partial charge in [-0.2, -0.15) is 0 Å². The summed E-state index contributed by atoms with van der Waals surface area (Å²) in [6.45, 7) is 0. The maximum absolute atomic E-state index is 2.33. The maximum atomic E-state index is 2.33. The van der Waals surface area contributed by atoms with Crippen molar-refractivity contribution in [3.63, 3.8) is 0 Å². The second kappa shape index (κ2) is 1.47. The van der Waals surface area contributed by atoms with Crippen LogP contribution in [0.5, 0.6) is 0 Å². The molecule has 13 heavy (non-hydrogen) atoms. The van der Waals surface area contributed by atoms with Gasteiger partial charge < -0.3 is 0 Å². The van der Waals surface area contributed by atoms with Gasteiger partial charge in [0.1, 0.15) is 0 Å². The Balaban J connectivity index is 1.56. The molecule has 5 fully saturated rings. The first-order valence-corrected chi connectivity index (χ1v) is 5.53. The van der Waals surface area contributed by atoms with Crippen molar-refractivity contribution in [2.75, 3.05) is 0 Å². The lowest BCUT2D eigenvalue weighted by atomic mass is 9.97. The van der Waals surface area contributed by atoms with Crippen LogP contribution in [0.15, 0.2) is 30.3 Å². The third kappa shape index (κ3) is 0.466. The Kier molecular flexibility index (Phi) is 0.662. The fraction of sp³-hybridized carbons (Fsp3) is 0.538. The van der Waals surface area contributed by atoms with E-state index in [2.05, 4.69) is 30.3 Å². The highest BCUT2D eigenvalue weighted by molar-refractivity contribution is 5.45. The molecule has 5 aliphatic carbocycles. The largest absolute Gasteiger partial charge is 0.0622 e. The summed E-state index contributed by atoms with van der Waals surface area (Å²) < 4.78 is 0. The van der Waals surface area contributed by atoms with E-state index in [4.69, 9.17) is 0 Å². The van der Waals surface area contributed by atoms with Gasteiger partial charge in [-0.05, 0) is 47.0 Å². The van der Waals surface area contributed by atoms with E-state index < -0.39 is 0 Å². The van der Waals surface area contributed by atoms with E-state index in [9.17, 15) is 0 Å². The van der Waals surface area contributed by atoms with E-state index in [1.54, 1.807) is 5.56 Å². The highest BCUT2D eigenvalue weighted by atomic mass is 15.0. The van der Waals surface area contributed by atoms with E-state index in [-0.39, 0.29) is 0 Å². The summed E-state index contributed by atoms with van der Waals surface area (Å²) in [5, 5.41) is 0. The fourth-order valence-electron chi connectivity index (χ4n) is 4.63. The van der Waals surface area contributed by atoms with Gasteiger partial charge in [0.25, 0.3) is 0 Å². The van der Waals surface area contributed by atoms with Crippen molar-refractivity contribution in [3.8, 4) is 0 Å². The molecular formula is C13H12. The summed E-state index contributed by atoms with van der Waals surface area (Å²) in [6, 6.07) is 11.2. The van der Waals surface area contributed by atoms with Gasteiger partial charge in [-0.1, -0.05) is 30.3 Å². The van der Waals surface area contributed by atoms with Crippen LogP contribution in [0.25, 0.3) is 0 Å². The molecular weight excluding hydrogens is 156 g/mol. The average Bonchev–Trinajstić information content (AvgIpc) is 3.09. The monoisotopic (exact) mass is 168 g/mol. The molecule has 1 aromatic carbocycles. The van der Waals surface area contributed by atoms with Crippen molar-refractivity contribution >= 4 is 0 Å². The zero-order chi connectivity index (χ0) is 8.15. The molecule has 0 N–H and O–H groups in total. The number of hydrogen-bond donors (Lipinski definition) is 0. The second-order valence-corrected chi connectivity index (χ2v) is 5.40. The highest BCUT2D eigenvalue weighted by Crippen LogP contribution is 2.95. The van der Waals surface area contributed by atoms with E-state index in [1.807, 2.05) is 0 Å². The number of benzene rings is 1. The second-order valence-electron chi connectivity index (χ2n) is 5.40. The van der Waals surface area contributed by atoms with E-state index in [0.717, 1.165) is 17.8 Å². The number of hydrogen-bond acceptors (Lipinski definition) is 0. The Hall–Kier alpha value is -0.780. The Morgan fingerprint density at radius 2 is 1.15 bits per heavy atom.